The molecule has 9 nitrogen and oxygen atoms in total. The van der Waals surface area contributed by atoms with Gasteiger partial charge in [-0.3, -0.25) is 9.48 Å². The Morgan fingerprint density at radius 3 is 2.50 bits per heavy atom. The van der Waals surface area contributed by atoms with Crippen molar-refractivity contribution in [3.05, 3.63) is 54.0 Å². The number of nitrogens with one attached hydrogen (secondary N) is 1. The first kappa shape index (κ1) is 28.0. The zero-order valence-corrected chi connectivity index (χ0v) is 24.5. The number of allylic oxidation sites excluding steroid dienone is 2. The molecule has 9 heteroatoms. The van der Waals surface area contributed by atoms with Crippen LogP contribution in [0.2, 0.25) is 0 Å². The fourth-order valence-electron chi connectivity index (χ4n) is 6.21. The molecule has 0 radical (unpaired) electrons. The number of ether oxygens (including phenoxy) is 2. The van der Waals surface area contributed by atoms with Gasteiger partial charge in [-0.25, -0.2) is 4.99 Å². The predicted octanol–water partition coefficient (Wildman–Crippen LogP) is 4.16. The van der Waals surface area contributed by atoms with Gasteiger partial charge in [-0.1, -0.05) is 19.1 Å². The van der Waals surface area contributed by atoms with Crippen LogP contribution >= 0.6 is 0 Å². The Kier molecular flexibility index (Phi) is 8.03. The molecule has 1 unspecified atom stereocenters. The highest BCUT2D eigenvalue weighted by molar-refractivity contribution is 5.89. The van der Waals surface area contributed by atoms with Crippen molar-refractivity contribution in [3.8, 4) is 22.6 Å². The summed E-state index contributed by atoms with van der Waals surface area (Å²) in [6.45, 7) is 12.0. The highest BCUT2D eigenvalue weighted by Crippen LogP contribution is 2.34. The van der Waals surface area contributed by atoms with E-state index in [2.05, 4.69) is 36.7 Å². The summed E-state index contributed by atoms with van der Waals surface area (Å²) >= 11 is 0. The highest BCUT2D eigenvalue weighted by atomic mass is 16.5. The van der Waals surface area contributed by atoms with Crippen LogP contribution in [-0.2, 0) is 18.4 Å². The highest BCUT2D eigenvalue weighted by Gasteiger charge is 2.46. The maximum Gasteiger partial charge on any atom is 0.243 e. The van der Waals surface area contributed by atoms with Crippen molar-refractivity contribution in [1.29, 1.82) is 0 Å². The lowest BCUT2D eigenvalue weighted by Crippen LogP contribution is -2.67. The molecule has 1 N–H and O–H groups in total. The fraction of sp³-hybridized carbons (Fsp3) is 0.516. The van der Waals surface area contributed by atoms with Crippen molar-refractivity contribution in [2.24, 2.45) is 18.0 Å². The molecule has 2 saturated heterocycles. The number of rotatable bonds is 5. The second-order valence-electron chi connectivity index (χ2n) is 11.4. The van der Waals surface area contributed by atoms with E-state index < -0.39 is 5.54 Å². The summed E-state index contributed by atoms with van der Waals surface area (Å²) in [5.41, 5.74) is 4.37. The van der Waals surface area contributed by atoms with Gasteiger partial charge in [-0.15, -0.1) is 0 Å². The van der Waals surface area contributed by atoms with Gasteiger partial charge in [0.1, 0.15) is 22.9 Å². The van der Waals surface area contributed by atoms with Crippen molar-refractivity contribution >= 4 is 11.7 Å². The third kappa shape index (κ3) is 5.66. The Balaban J connectivity index is 1.32. The molecule has 1 amide bonds. The Hall–Kier alpha value is -3.59. The van der Waals surface area contributed by atoms with Crippen LogP contribution in [0.15, 0.2) is 53.3 Å². The van der Waals surface area contributed by atoms with Crippen molar-refractivity contribution < 1.29 is 14.3 Å². The van der Waals surface area contributed by atoms with Crippen LogP contribution in [0.1, 0.15) is 45.2 Å². The summed E-state index contributed by atoms with van der Waals surface area (Å²) in [6, 6.07) is 5.81. The smallest absolute Gasteiger partial charge is 0.243 e. The number of aliphatic imine (C=N–C) groups is 1. The van der Waals surface area contributed by atoms with Gasteiger partial charge in [0.25, 0.3) is 0 Å². The molecule has 4 heterocycles. The minimum Gasteiger partial charge on any atom is -0.497 e. The average Bonchev–Trinajstić information content (AvgIpc) is 3.32. The average molecular weight is 547 g/mol. The van der Waals surface area contributed by atoms with E-state index in [1.54, 1.807) is 18.9 Å². The van der Waals surface area contributed by atoms with Crippen LogP contribution in [0.25, 0.3) is 11.1 Å². The third-order valence-electron chi connectivity index (χ3n) is 8.47. The molecule has 3 aliphatic rings. The molecule has 2 aromatic rings. The van der Waals surface area contributed by atoms with Crippen LogP contribution in [0.3, 0.4) is 0 Å². The number of carbonyl (C=O) groups is 1. The third-order valence-corrected chi connectivity index (χ3v) is 8.47. The number of nitrogens with zero attached hydrogens (tertiary/aromatic N) is 5. The topological polar surface area (TPSA) is 84.2 Å². The lowest BCUT2D eigenvalue weighted by Gasteiger charge is -2.48. The van der Waals surface area contributed by atoms with Gasteiger partial charge < -0.3 is 24.6 Å². The molecule has 0 saturated carbocycles. The molecule has 5 rings (SSSR count). The van der Waals surface area contributed by atoms with Gasteiger partial charge in [0.2, 0.25) is 5.91 Å². The summed E-state index contributed by atoms with van der Waals surface area (Å²) in [7, 11) is 5.20. The van der Waals surface area contributed by atoms with Crippen LogP contribution in [0.5, 0.6) is 11.5 Å². The van der Waals surface area contributed by atoms with E-state index in [1.165, 1.54) is 5.57 Å². The number of likely N-dealkylation sites (tertiary alicyclic amines) is 1. The Morgan fingerprint density at radius 2 is 1.82 bits per heavy atom. The summed E-state index contributed by atoms with van der Waals surface area (Å²) in [4.78, 5) is 23.3. The number of benzene rings is 1. The maximum atomic E-state index is 14.0. The fourth-order valence-corrected chi connectivity index (χ4v) is 6.21. The summed E-state index contributed by atoms with van der Waals surface area (Å²) in [5, 5.41) is 8.36. The Morgan fingerprint density at radius 1 is 1.12 bits per heavy atom. The van der Waals surface area contributed by atoms with Crippen LogP contribution in [0, 0.1) is 5.92 Å². The van der Waals surface area contributed by atoms with E-state index in [9.17, 15) is 4.79 Å². The maximum absolute atomic E-state index is 14.0. The first-order chi connectivity index (χ1) is 19.2. The first-order valence-electron chi connectivity index (χ1n) is 14.2. The number of aryl methyl sites for hydroxylation is 1. The van der Waals surface area contributed by atoms with E-state index >= 15 is 0 Å². The van der Waals surface area contributed by atoms with Gasteiger partial charge >= 0.3 is 0 Å². The van der Waals surface area contributed by atoms with Crippen molar-refractivity contribution in [2.75, 3.05) is 40.4 Å². The minimum atomic E-state index is -0.554. The number of hydrogen-bond acceptors (Lipinski definition) is 7. The van der Waals surface area contributed by atoms with E-state index in [-0.39, 0.29) is 5.91 Å². The number of piperazine rings is 1. The lowest BCUT2D eigenvalue weighted by molar-refractivity contribution is -0.144. The molecular weight excluding hydrogens is 504 g/mol. The standard InChI is InChI=1S/C31H42N6O3/c1-21-7-8-22(2)29(33-23(3)15-21)36-12-9-31(10-13-36)30(38)37(14-11-32-31)20-28-27(19-35(4)34-28)24-16-25(39-5)18-26(17-24)40-6/h15-19,22,32H,3,7-14,20H2,1-2,4-6H3/b21-15-,33-29?. The molecule has 0 aliphatic carbocycles. The number of amidine groups is 1. The monoisotopic (exact) mass is 546 g/mol. The number of amides is 1. The molecular formula is C31H42N6O3. The van der Waals surface area contributed by atoms with Gasteiger partial charge in [-0.2, -0.15) is 5.10 Å². The predicted molar refractivity (Wildman–Crippen MR) is 157 cm³/mol. The summed E-state index contributed by atoms with van der Waals surface area (Å²) in [5.74, 6) is 3.06. The summed E-state index contributed by atoms with van der Waals surface area (Å²) < 4.78 is 12.8. The molecule has 3 aliphatic heterocycles. The molecule has 1 aromatic heterocycles. The minimum absolute atomic E-state index is 0.161. The van der Waals surface area contributed by atoms with Gasteiger partial charge in [0.15, 0.2) is 0 Å². The van der Waals surface area contributed by atoms with Crippen LogP contribution in [-0.4, -0.2) is 77.3 Å². The van der Waals surface area contributed by atoms with E-state index in [0.29, 0.717) is 30.5 Å². The van der Waals surface area contributed by atoms with E-state index in [4.69, 9.17) is 19.6 Å². The van der Waals surface area contributed by atoms with Gasteiger partial charge in [0, 0.05) is 57.0 Å². The molecule has 0 bridgehead atoms. The number of carbonyl (C=O) groups excluding carboxylic acids is 1. The molecule has 1 spiro atoms. The lowest BCUT2D eigenvalue weighted by atomic mass is 9.83. The van der Waals surface area contributed by atoms with Crippen molar-refractivity contribution in [1.82, 2.24) is 24.9 Å². The second-order valence-corrected chi connectivity index (χ2v) is 11.4. The SMILES string of the molecule is C=C1/C=C(/C)CCC(C)C(N2CCC3(CC2)NCCN(Cc2nn(C)cc2-c2cc(OC)cc(OC)c2)C3=O)=N1. The normalized spacial score (nSPS) is 22.9. The summed E-state index contributed by atoms with van der Waals surface area (Å²) in [6.07, 6.45) is 7.71. The zero-order valence-electron chi connectivity index (χ0n) is 24.5. The molecule has 1 atom stereocenters. The van der Waals surface area contributed by atoms with E-state index in [0.717, 1.165) is 73.7 Å². The number of hydrogen-bond donors (Lipinski definition) is 1. The molecule has 40 heavy (non-hydrogen) atoms. The Bertz CT molecular complexity index is 1310. The largest absolute Gasteiger partial charge is 0.497 e. The van der Waals surface area contributed by atoms with Crippen molar-refractivity contribution in [2.45, 2.75) is 51.6 Å². The van der Waals surface area contributed by atoms with Crippen LogP contribution < -0.4 is 14.8 Å². The molecule has 1 aromatic carbocycles. The number of aromatic nitrogens is 2. The molecule has 214 valence electrons. The van der Waals surface area contributed by atoms with Crippen molar-refractivity contribution in [3.63, 3.8) is 0 Å². The van der Waals surface area contributed by atoms with E-state index in [1.807, 2.05) is 36.3 Å². The van der Waals surface area contributed by atoms with Gasteiger partial charge in [0.05, 0.1) is 32.2 Å². The number of methoxy groups -OCH3 is 2. The number of piperidine rings is 1. The molecule has 2 fully saturated rings. The van der Waals surface area contributed by atoms with Crippen LogP contribution in [0.4, 0.5) is 0 Å². The second kappa shape index (κ2) is 11.5. The van der Waals surface area contributed by atoms with Gasteiger partial charge in [-0.05, 0) is 56.4 Å². The quantitative estimate of drug-likeness (QED) is 0.607. The first-order valence-corrected chi connectivity index (χ1v) is 14.2. The Labute approximate surface area is 237 Å². The zero-order chi connectivity index (χ0) is 28.4.